The molecule has 1 aromatic heterocycles. The molecule has 0 aliphatic carbocycles. The van der Waals surface area contributed by atoms with Crippen molar-refractivity contribution >= 4 is 35.1 Å². The first kappa shape index (κ1) is 13.9. The standard InChI is InChI=1S/C15H15NOS2/c17-15(9-8-14-7-4-11-18-14)16-10-12-19-13-5-2-1-3-6-13/h1-9,11H,10,12H2,(H,16,17)/b9-8+. The van der Waals surface area contributed by atoms with Crippen molar-refractivity contribution < 1.29 is 4.79 Å². The fourth-order valence-electron chi connectivity index (χ4n) is 1.46. The first-order valence-electron chi connectivity index (χ1n) is 6.02. The van der Waals surface area contributed by atoms with Crippen LogP contribution in [0.5, 0.6) is 0 Å². The van der Waals surface area contributed by atoms with Crippen molar-refractivity contribution in [3.05, 3.63) is 58.8 Å². The van der Waals surface area contributed by atoms with Crippen molar-refractivity contribution in [2.45, 2.75) is 4.90 Å². The maximum Gasteiger partial charge on any atom is 0.244 e. The van der Waals surface area contributed by atoms with Gasteiger partial charge in [0.05, 0.1) is 0 Å². The molecule has 0 fully saturated rings. The van der Waals surface area contributed by atoms with Gasteiger partial charge in [-0.3, -0.25) is 4.79 Å². The molecule has 1 heterocycles. The van der Waals surface area contributed by atoms with Crippen molar-refractivity contribution in [2.24, 2.45) is 0 Å². The number of nitrogens with one attached hydrogen (secondary N) is 1. The van der Waals surface area contributed by atoms with Crippen molar-refractivity contribution in [1.29, 1.82) is 0 Å². The molecule has 19 heavy (non-hydrogen) atoms. The van der Waals surface area contributed by atoms with Gasteiger partial charge in [-0.15, -0.1) is 23.1 Å². The molecule has 4 heteroatoms. The van der Waals surface area contributed by atoms with Crippen LogP contribution in [0, 0.1) is 0 Å². The molecule has 0 saturated heterocycles. The highest BCUT2D eigenvalue weighted by Crippen LogP contribution is 2.15. The maximum atomic E-state index is 11.5. The summed E-state index contributed by atoms with van der Waals surface area (Å²) in [4.78, 5) is 13.9. The Morgan fingerprint density at radius 3 is 2.79 bits per heavy atom. The third kappa shape index (κ3) is 5.32. The van der Waals surface area contributed by atoms with Crippen LogP contribution in [0.15, 0.2) is 58.8 Å². The molecule has 0 atom stereocenters. The van der Waals surface area contributed by atoms with Gasteiger partial charge in [0, 0.05) is 28.1 Å². The van der Waals surface area contributed by atoms with Gasteiger partial charge in [-0.05, 0) is 29.7 Å². The second kappa shape index (κ2) is 7.81. The fourth-order valence-corrected chi connectivity index (χ4v) is 2.87. The van der Waals surface area contributed by atoms with Gasteiger partial charge in [-0.2, -0.15) is 0 Å². The molecular weight excluding hydrogens is 274 g/mol. The van der Waals surface area contributed by atoms with E-state index < -0.39 is 0 Å². The number of amides is 1. The van der Waals surface area contributed by atoms with E-state index in [0.717, 1.165) is 10.6 Å². The van der Waals surface area contributed by atoms with E-state index in [9.17, 15) is 4.79 Å². The van der Waals surface area contributed by atoms with Gasteiger partial charge in [-0.1, -0.05) is 24.3 Å². The molecule has 2 aromatic rings. The van der Waals surface area contributed by atoms with Gasteiger partial charge in [0.1, 0.15) is 0 Å². The zero-order valence-corrected chi connectivity index (χ0v) is 12.0. The van der Waals surface area contributed by atoms with Gasteiger partial charge in [0.25, 0.3) is 0 Å². The van der Waals surface area contributed by atoms with Crippen molar-refractivity contribution in [3.8, 4) is 0 Å². The summed E-state index contributed by atoms with van der Waals surface area (Å²) in [6.07, 6.45) is 3.42. The van der Waals surface area contributed by atoms with Crippen LogP contribution >= 0.6 is 23.1 Å². The molecule has 2 nitrogen and oxygen atoms in total. The molecule has 0 bridgehead atoms. The lowest BCUT2D eigenvalue weighted by atomic mass is 10.4. The molecular formula is C15H15NOS2. The third-order valence-electron chi connectivity index (χ3n) is 2.36. The molecule has 0 spiro atoms. The van der Waals surface area contributed by atoms with E-state index in [2.05, 4.69) is 17.4 Å². The van der Waals surface area contributed by atoms with E-state index in [1.54, 1.807) is 29.2 Å². The summed E-state index contributed by atoms with van der Waals surface area (Å²) in [6, 6.07) is 14.1. The Bertz CT molecular complexity index is 520. The van der Waals surface area contributed by atoms with E-state index in [0.29, 0.717) is 6.54 Å². The Hall–Kier alpha value is -1.52. The zero-order chi connectivity index (χ0) is 13.3. The monoisotopic (exact) mass is 289 g/mol. The van der Waals surface area contributed by atoms with Crippen LogP contribution in [0.4, 0.5) is 0 Å². The van der Waals surface area contributed by atoms with Gasteiger partial charge in [-0.25, -0.2) is 0 Å². The first-order valence-corrected chi connectivity index (χ1v) is 7.88. The molecule has 0 radical (unpaired) electrons. The number of carbonyl (C=O) groups is 1. The summed E-state index contributed by atoms with van der Waals surface area (Å²) in [6.45, 7) is 0.674. The van der Waals surface area contributed by atoms with Crippen LogP contribution in [0.25, 0.3) is 6.08 Å². The van der Waals surface area contributed by atoms with Crippen LogP contribution in [-0.2, 0) is 4.79 Å². The van der Waals surface area contributed by atoms with E-state index in [-0.39, 0.29) is 5.91 Å². The fraction of sp³-hybridized carbons (Fsp3) is 0.133. The van der Waals surface area contributed by atoms with Gasteiger partial charge in [0.15, 0.2) is 0 Å². The Morgan fingerprint density at radius 2 is 2.05 bits per heavy atom. The van der Waals surface area contributed by atoms with E-state index in [1.807, 2.05) is 41.8 Å². The highest BCUT2D eigenvalue weighted by atomic mass is 32.2. The average Bonchev–Trinajstić information content (AvgIpc) is 2.96. The van der Waals surface area contributed by atoms with Crippen molar-refractivity contribution in [2.75, 3.05) is 12.3 Å². The molecule has 1 aromatic carbocycles. The lowest BCUT2D eigenvalue weighted by Crippen LogP contribution is -2.23. The summed E-state index contributed by atoms with van der Waals surface area (Å²) < 4.78 is 0. The molecule has 1 amide bonds. The average molecular weight is 289 g/mol. The number of thioether (sulfide) groups is 1. The lowest BCUT2D eigenvalue weighted by Gasteiger charge is -2.02. The molecule has 0 saturated carbocycles. The maximum absolute atomic E-state index is 11.5. The normalized spacial score (nSPS) is 10.7. The topological polar surface area (TPSA) is 29.1 Å². The van der Waals surface area contributed by atoms with Crippen LogP contribution in [0.2, 0.25) is 0 Å². The minimum Gasteiger partial charge on any atom is -0.352 e. The van der Waals surface area contributed by atoms with E-state index in [4.69, 9.17) is 0 Å². The second-order valence-corrected chi connectivity index (χ2v) is 5.95. The number of hydrogen-bond acceptors (Lipinski definition) is 3. The quantitative estimate of drug-likeness (QED) is 0.499. The number of rotatable bonds is 6. The highest BCUT2D eigenvalue weighted by molar-refractivity contribution is 7.99. The predicted molar refractivity (Wildman–Crippen MR) is 83.5 cm³/mol. The van der Waals surface area contributed by atoms with E-state index in [1.165, 1.54) is 4.90 Å². The Morgan fingerprint density at radius 1 is 1.21 bits per heavy atom. The van der Waals surface area contributed by atoms with Crippen LogP contribution in [0.3, 0.4) is 0 Å². The number of benzene rings is 1. The van der Waals surface area contributed by atoms with Gasteiger partial charge < -0.3 is 5.32 Å². The SMILES string of the molecule is O=C(/C=C/c1cccs1)NCCSc1ccccc1. The van der Waals surface area contributed by atoms with Gasteiger partial charge in [0.2, 0.25) is 5.91 Å². The summed E-state index contributed by atoms with van der Waals surface area (Å²) >= 11 is 3.36. The molecule has 1 N–H and O–H groups in total. The van der Waals surface area contributed by atoms with Crippen LogP contribution < -0.4 is 5.32 Å². The molecule has 0 aliphatic heterocycles. The third-order valence-corrected chi connectivity index (χ3v) is 4.21. The smallest absolute Gasteiger partial charge is 0.244 e. The first-order chi connectivity index (χ1) is 9.34. The minimum absolute atomic E-state index is 0.0398. The Labute approximate surface area is 121 Å². The summed E-state index contributed by atoms with van der Waals surface area (Å²) in [7, 11) is 0. The molecule has 2 rings (SSSR count). The molecule has 0 unspecified atom stereocenters. The lowest BCUT2D eigenvalue weighted by molar-refractivity contribution is -0.116. The summed E-state index contributed by atoms with van der Waals surface area (Å²) in [5.41, 5.74) is 0. The largest absolute Gasteiger partial charge is 0.352 e. The van der Waals surface area contributed by atoms with Gasteiger partial charge >= 0.3 is 0 Å². The second-order valence-electron chi connectivity index (χ2n) is 3.80. The molecule has 0 aliphatic rings. The van der Waals surface area contributed by atoms with Crippen LogP contribution in [-0.4, -0.2) is 18.2 Å². The molecule has 98 valence electrons. The highest BCUT2D eigenvalue weighted by Gasteiger charge is 1.96. The summed E-state index contributed by atoms with van der Waals surface area (Å²) in [5.74, 6) is 0.838. The van der Waals surface area contributed by atoms with Crippen LogP contribution in [0.1, 0.15) is 4.88 Å². The van der Waals surface area contributed by atoms with Crippen molar-refractivity contribution in [3.63, 3.8) is 0 Å². The zero-order valence-electron chi connectivity index (χ0n) is 10.4. The Balaban J connectivity index is 1.64. The number of thiophene rings is 1. The minimum atomic E-state index is -0.0398. The predicted octanol–water partition coefficient (Wildman–Crippen LogP) is 3.67. The summed E-state index contributed by atoms with van der Waals surface area (Å²) in [5, 5.41) is 4.87. The van der Waals surface area contributed by atoms with Crippen molar-refractivity contribution in [1.82, 2.24) is 5.32 Å². The van der Waals surface area contributed by atoms with E-state index >= 15 is 0 Å². The number of carbonyl (C=O) groups excluding carboxylic acids is 1. The Kier molecular flexibility index (Phi) is 5.72. The number of hydrogen-bond donors (Lipinski definition) is 1.